The van der Waals surface area contributed by atoms with Crippen molar-refractivity contribution in [2.24, 2.45) is 5.92 Å². The minimum Gasteiger partial charge on any atom is -0.273 e. The van der Waals surface area contributed by atoms with Crippen molar-refractivity contribution in [1.29, 1.82) is 0 Å². The van der Waals surface area contributed by atoms with Crippen molar-refractivity contribution in [3.63, 3.8) is 0 Å². The van der Waals surface area contributed by atoms with Gasteiger partial charge in [-0.05, 0) is 26.3 Å². The highest BCUT2D eigenvalue weighted by molar-refractivity contribution is 6.05. The average Bonchev–Trinajstić information content (AvgIpc) is 2.58. The summed E-state index contributed by atoms with van der Waals surface area (Å²) in [4.78, 5) is 36.7. The molecule has 7 heteroatoms. The maximum atomic E-state index is 12.5. The summed E-state index contributed by atoms with van der Waals surface area (Å²) in [6, 6.07) is 6.61. The average molecular weight is 330 g/mol. The van der Waals surface area contributed by atoms with Crippen LogP contribution in [0.25, 0.3) is 10.8 Å². The molecule has 0 saturated heterocycles. The maximum absolute atomic E-state index is 12.5. The topological polar surface area (TPSA) is 93.1 Å². The fraction of sp³-hybridized carbons (Fsp3) is 0.412. The predicted octanol–water partition coefficient (Wildman–Crippen LogP) is 1.78. The Morgan fingerprint density at radius 2 is 1.75 bits per heavy atom. The number of hydrogen-bond acceptors (Lipinski definition) is 4. The number of nitrogens with zero attached hydrogens (tertiary/aromatic N) is 2. The summed E-state index contributed by atoms with van der Waals surface area (Å²) in [7, 11) is 0. The molecule has 1 atom stereocenters. The first kappa shape index (κ1) is 17.7. The second-order valence-electron chi connectivity index (χ2n) is 5.99. The minimum atomic E-state index is -0.558. The van der Waals surface area contributed by atoms with Gasteiger partial charge in [-0.1, -0.05) is 32.0 Å². The monoisotopic (exact) mass is 330 g/mol. The molecule has 2 rings (SSSR count). The third kappa shape index (κ3) is 3.45. The number of carbonyl (C=O) groups is 2. The summed E-state index contributed by atoms with van der Waals surface area (Å²) in [5.74, 6) is -1.04. The lowest BCUT2D eigenvalue weighted by Crippen LogP contribution is -2.44. The molecular weight excluding hydrogens is 308 g/mol. The van der Waals surface area contributed by atoms with Crippen LogP contribution in [-0.2, 0) is 4.79 Å². The molecule has 2 N–H and O–H groups in total. The molecule has 128 valence electrons. The van der Waals surface area contributed by atoms with Crippen molar-refractivity contribution < 1.29 is 9.59 Å². The van der Waals surface area contributed by atoms with Gasteiger partial charge in [0.15, 0.2) is 5.69 Å². The van der Waals surface area contributed by atoms with E-state index < -0.39 is 5.91 Å². The molecule has 0 spiro atoms. The van der Waals surface area contributed by atoms with Gasteiger partial charge in [-0.3, -0.25) is 25.2 Å². The number of fused-ring (bicyclic) bond motifs is 1. The van der Waals surface area contributed by atoms with Gasteiger partial charge in [0.1, 0.15) is 0 Å². The van der Waals surface area contributed by atoms with Gasteiger partial charge >= 0.3 is 0 Å². The molecule has 0 aliphatic carbocycles. The Kier molecular flexibility index (Phi) is 5.33. The van der Waals surface area contributed by atoms with E-state index in [9.17, 15) is 14.4 Å². The molecule has 24 heavy (non-hydrogen) atoms. The molecule has 0 bridgehead atoms. The zero-order chi connectivity index (χ0) is 17.9. The Balaban J connectivity index is 2.40. The molecule has 1 heterocycles. The lowest BCUT2D eigenvalue weighted by molar-refractivity contribution is -0.125. The third-order valence-corrected chi connectivity index (χ3v) is 3.89. The van der Waals surface area contributed by atoms with Crippen LogP contribution in [-0.4, -0.2) is 21.6 Å². The molecule has 0 aliphatic heterocycles. The van der Waals surface area contributed by atoms with E-state index in [2.05, 4.69) is 16.0 Å². The number of rotatable bonds is 4. The quantitative estimate of drug-likeness (QED) is 0.836. The van der Waals surface area contributed by atoms with Crippen LogP contribution in [0.3, 0.4) is 0 Å². The fourth-order valence-corrected chi connectivity index (χ4v) is 2.21. The normalized spacial score (nSPS) is 12.2. The Labute approximate surface area is 140 Å². The first-order valence-corrected chi connectivity index (χ1v) is 7.98. The number of hydrazine groups is 1. The highest BCUT2D eigenvalue weighted by Gasteiger charge is 2.19. The van der Waals surface area contributed by atoms with E-state index in [1.807, 2.05) is 20.8 Å². The summed E-state index contributed by atoms with van der Waals surface area (Å²) in [5.41, 5.74) is 4.62. The number of carbonyl (C=O) groups excluding carboxylic acids is 2. The molecular formula is C17H22N4O3. The van der Waals surface area contributed by atoms with Crippen LogP contribution in [0.4, 0.5) is 0 Å². The van der Waals surface area contributed by atoms with Gasteiger partial charge in [0.2, 0.25) is 5.91 Å². The van der Waals surface area contributed by atoms with Crippen LogP contribution in [0.15, 0.2) is 29.1 Å². The van der Waals surface area contributed by atoms with E-state index in [1.165, 1.54) is 4.68 Å². The first-order chi connectivity index (χ1) is 11.4. The SMILES string of the molecule is CCC(C)C(=O)NNC(=O)c1nn(C(C)C)c(=O)c2ccccc12. The van der Waals surface area contributed by atoms with Gasteiger partial charge in [0, 0.05) is 11.3 Å². The molecule has 1 aromatic carbocycles. The van der Waals surface area contributed by atoms with Crippen LogP contribution in [0.5, 0.6) is 0 Å². The number of hydrogen-bond donors (Lipinski definition) is 2. The van der Waals surface area contributed by atoms with Crippen LogP contribution >= 0.6 is 0 Å². The van der Waals surface area contributed by atoms with Gasteiger partial charge < -0.3 is 0 Å². The lowest BCUT2D eigenvalue weighted by Gasteiger charge is -2.14. The number of benzene rings is 1. The fourth-order valence-electron chi connectivity index (χ4n) is 2.21. The van der Waals surface area contributed by atoms with E-state index in [-0.39, 0.29) is 29.1 Å². The molecule has 1 aromatic heterocycles. The van der Waals surface area contributed by atoms with Crippen LogP contribution < -0.4 is 16.4 Å². The van der Waals surface area contributed by atoms with E-state index in [0.717, 1.165) is 0 Å². The van der Waals surface area contributed by atoms with Gasteiger partial charge in [-0.25, -0.2) is 4.68 Å². The van der Waals surface area contributed by atoms with Gasteiger partial charge in [-0.2, -0.15) is 5.10 Å². The highest BCUT2D eigenvalue weighted by Crippen LogP contribution is 2.14. The van der Waals surface area contributed by atoms with Crippen molar-refractivity contribution in [2.45, 2.75) is 40.2 Å². The van der Waals surface area contributed by atoms with Gasteiger partial charge in [-0.15, -0.1) is 0 Å². The molecule has 0 radical (unpaired) electrons. The van der Waals surface area contributed by atoms with E-state index >= 15 is 0 Å². The lowest BCUT2D eigenvalue weighted by atomic mass is 10.1. The van der Waals surface area contributed by atoms with Crippen LogP contribution in [0.1, 0.15) is 50.6 Å². The van der Waals surface area contributed by atoms with Crippen LogP contribution in [0.2, 0.25) is 0 Å². The molecule has 1 unspecified atom stereocenters. The van der Waals surface area contributed by atoms with E-state index in [0.29, 0.717) is 17.2 Å². The second kappa shape index (κ2) is 7.25. The third-order valence-electron chi connectivity index (χ3n) is 3.89. The molecule has 0 saturated carbocycles. The molecule has 0 fully saturated rings. The molecule has 2 aromatic rings. The van der Waals surface area contributed by atoms with E-state index in [4.69, 9.17) is 0 Å². The summed E-state index contributed by atoms with van der Waals surface area (Å²) < 4.78 is 1.27. The predicted molar refractivity (Wildman–Crippen MR) is 91.5 cm³/mol. The summed E-state index contributed by atoms with van der Waals surface area (Å²) in [6.45, 7) is 7.29. The van der Waals surface area contributed by atoms with E-state index in [1.54, 1.807) is 31.2 Å². The second-order valence-corrected chi connectivity index (χ2v) is 5.99. The minimum absolute atomic E-state index is 0.100. The maximum Gasteiger partial charge on any atom is 0.290 e. The smallest absolute Gasteiger partial charge is 0.273 e. The Morgan fingerprint density at radius 1 is 1.12 bits per heavy atom. The largest absolute Gasteiger partial charge is 0.290 e. The van der Waals surface area contributed by atoms with Crippen molar-refractivity contribution in [3.8, 4) is 0 Å². The molecule has 0 aliphatic rings. The number of nitrogens with one attached hydrogen (secondary N) is 2. The zero-order valence-electron chi connectivity index (χ0n) is 14.3. The Morgan fingerprint density at radius 3 is 2.33 bits per heavy atom. The number of aromatic nitrogens is 2. The van der Waals surface area contributed by atoms with Crippen molar-refractivity contribution in [3.05, 3.63) is 40.3 Å². The van der Waals surface area contributed by atoms with Crippen molar-refractivity contribution in [2.75, 3.05) is 0 Å². The first-order valence-electron chi connectivity index (χ1n) is 7.98. The standard InChI is InChI=1S/C17H22N4O3/c1-5-11(4)15(22)18-19-16(23)14-12-8-6-7-9-13(12)17(24)21(20-14)10(2)3/h6-11H,5H2,1-4H3,(H,18,22)(H,19,23). The zero-order valence-corrected chi connectivity index (χ0v) is 14.3. The number of amides is 2. The van der Waals surface area contributed by atoms with Crippen molar-refractivity contribution in [1.82, 2.24) is 20.6 Å². The van der Waals surface area contributed by atoms with Gasteiger partial charge in [0.05, 0.1) is 11.4 Å². The van der Waals surface area contributed by atoms with Crippen molar-refractivity contribution >= 4 is 22.6 Å². The van der Waals surface area contributed by atoms with Crippen LogP contribution in [0, 0.1) is 5.92 Å². The molecule has 2 amide bonds. The summed E-state index contributed by atoms with van der Waals surface area (Å²) in [5, 5.41) is 5.05. The summed E-state index contributed by atoms with van der Waals surface area (Å²) in [6.07, 6.45) is 0.668. The van der Waals surface area contributed by atoms with Gasteiger partial charge in [0.25, 0.3) is 11.5 Å². The Hall–Kier alpha value is -2.70. The Bertz CT molecular complexity index is 826. The molecule has 7 nitrogen and oxygen atoms in total. The highest BCUT2D eigenvalue weighted by atomic mass is 16.2. The summed E-state index contributed by atoms with van der Waals surface area (Å²) >= 11 is 0.